The monoisotopic (exact) mass is 506 g/mol. The minimum Gasteiger partial charge on any atom is -0.493 e. The zero-order chi connectivity index (χ0) is 26.7. The molecule has 2 amide bonds. The minimum atomic E-state index is -0.726. The van der Waals surface area contributed by atoms with Crippen LogP contribution < -0.4 is 29.0 Å². The van der Waals surface area contributed by atoms with Crippen LogP contribution in [0.5, 0.6) is 28.7 Å². The number of nitrogens with one attached hydrogen (secondary N) is 1. The number of amides is 2. The lowest BCUT2D eigenvalue weighted by Crippen LogP contribution is -2.44. The number of ether oxygens (including phenoxy) is 5. The van der Waals surface area contributed by atoms with Crippen molar-refractivity contribution in [3.63, 3.8) is 0 Å². The van der Waals surface area contributed by atoms with Gasteiger partial charge in [-0.15, -0.1) is 0 Å². The second kappa shape index (κ2) is 10.7. The highest BCUT2D eigenvalue weighted by Crippen LogP contribution is 2.45. The molecule has 0 bridgehead atoms. The topological polar surface area (TPSA) is 95.6 Å². The van der Waals surface area contributed by atoms with Gasteiger partial charge in [0.05, 0.1) is 47.5 Å². The van der Waals surface area contributed by atoms with Crippen LogP contribution in [0.3, 0.4) is 0 Å². The number of fused-ring (bicyclic) bond motifs is 1. The molecule has 9 nitrogen and oxygen atoms in total. The summed E-state index contributed by atoms with van der Waals surface area (Å²) >= 11 is 0. The predicted octanol–water partition coefficient (Wildman–Crippen LogP) is 4.28. The molecule has 0 saturated heterocycles. The number of hydrogen-bond donors (Lipinski definition) is 1. The largest absolute Gasteiger partial charge is 0.493 e. The van der Waals surface area contributed by atoms with Gasteiger partial charge < -0.3 is 33.9 Å². The van der Waals surface area contributed by atoms with Gasteiger partial charge in [0, 0.05) is 30.4 Å². The van der Waals surface area contributed by atoms with Gasteiger partial charge in [0.25, 0.3) is 5.91 Å². The molecule has 1 aliphatic heterocycles. The highest BCUT2D eigenvalue weighted by atomic mass is 16.5. The molecule has 0 aromatic heterocycles. The molecule has 0 spiro atoms. The molecule has 0 unspecified atom stereocenters. The van der Waals surface area contributed by atoms with Crippen LogP contribution in [0, 0.1) is 0 Å². The van der Waals surface area contributed by atoms with Crippen molar-refractivity contribution in [2.45, 2.75) is 12.0 Å². The average Bonchev–Trinajstić information content (AvgIpc) is 2.93. The average molecular weight is 507 g/mol. The second-order valence-electron chi connectivity index (χ2n) is 8.44. The van der Waals surface area contributed by atoms with Crippen molar-refractivity contribution in [1.82, 2.24) is 4.90 Å². The quantitative estimate of drug-likeness (QED) is 0.487. The standard InChI is InChI=1S/C28H30N2O7/c1-30-25(16-11-12-20(33-2)21(13-16)34-3)24(18-9-7-8-10-19(18)28(30)32)27(31)29-17-14-22(35-4)26(37-6)23(15-17)36-5/h7-15,24-25H,1-6H3,(H,29,31)/t24-,25-/m1/s1. The smallest absolute Gasteiger partial charge is 0.254 e. The Morgan fingerprint density at radius 2 is 1.41 bits per heavy atom. The SMILES string of the molecule is COc1ccc([C@@H]2[C@H](C(=O)Nc3cc(OC)c(OC)c(OC)c3)c3ccccc3C(=O)N2C)cc1OC. The molecular formula is C28H30N2O7. The van der Waals surface area contributed by atoms with Gasteiger partial charge in [0.1, 0.15) is 0 Å². The van der Waals surface area contributed by atoms with Crippen molar-refractivity contribution in [3.8, 4) is 28.7 Å². The molecule has 2 atom stereocenters. The van der Waals surface area contributed by atoms with Crippen LogP contribution in [0.15, 0.2) is 54.6 Å². The maximum absolute atomic E-state index is 14.0. The molecule has 1 heterocycles. The van der Waals surface area contributed by atoms with Crippen LogP contribution >= 0.6 is 0 Å². The summed E-state index contributed by atoms with van der Waals surface area (Å²) < 4.78 is 27.1. The van der Waals surface area contributed by atoms with Crippen molar-refractivity contribution in [2.75, 3.05) is 47.9 Å². The summed E-state index contributed by atoms with van der Waals surface area (Å²) in [5, 5.41) is 2.99. The first-order chi connectivity index (χ1) is 17.9. The first kappa shape index (κ1) is 25.7. The van der Waals surface area contributed by atoms with E-state index in [1.165, 1.54) is 21.3 Å². The van der Waals surface area contributed by atoms with Gasteiger partial charge in [0.2, 0.25) is 11.7 Å². The van der Waals surface area contributed by atoms with E-state index in [-0.39, 0.29) is 11.8 Å². The van der Waals surface area contributed by atoms with E-state index in [2.05, 4.69) is 5.32 Å². The molecule has 37 heavy (non-hydrogen) atoms. The Balaban J connectivity index is 1.82. The highest BCUT2D eigenvalue weighted by molar-refractivity contribution is 6.04. The molecule has 0 radical (unpaired) electrons. The van der Waals surface area contributed by atoms with E-state index in [0.717, 1.165) is 5.56 Å². The number of carbonyl (C=O) groups is 2. The second-order valence-corrected chi connectivity index (χ2v) is 8.44. The highest BCUT2D eigenvalue weighted by Gasteiger charge is 2.43. The first-order valence-electron chi connectivity index (χ1n) is 11.6. The van der Waals surface area contributed by atoms with Gasteiger partial charge in [0.15, 0.2) is 23.0 Å². The summed E-state index contributed by atoms with van der Waals surface area (Å²) in [5.74, 6) is 1.08. The number of rotatable bonds is 8. The molecular weight excluding hydrogens is 476 g/mol. The third kappa shape index (κ3) is 4.60. The summed E-state index contributed by atoms with van der Waals surface area (Å²) in [5.41, 5.74) is 2.30. The summed E-state index contributed by atoms with van der Waals surface area (Å²) in [6.07, 6.45) is 0. The van der Waals surface area contributed by atoms with Crippen molar-refractivity contribution >= 4 is 17.5 Å². The fourth-order valence-corrected chi connectivity index (χ4v) is 4.78. The number of nitrogens with zero attached hydrogens (tertiary/aromatic N) is 1. The van der Waals surface area contributed by atoms with E-state index < -0.39 is 12.0 Å². The van der Waals surface area contributed by atoms with Gasteiger partial charge in [-0.1, -0.05) is 24.3 Å². The Labute approximate surface area is 215 Å². The zero-order valence-electron chi connectivity index (χ0n) is 21.7. The molecule has 3 aromatic rings. The fourth-order valence-electron chi connectivity index (χ4n) is 4.78. The summed E-state index contributed by atoms with van der Waals surface area (Å²) in [7, 11) is 9.32. The Morgan fingerprint density at radius 3 is 2.00 bits per heavy atom. The van der Waals surface area contributed by atoms with Crippen LogP contribution in [0.1, 0.15) is 33.4 Å². The Kier molecular flexibility index (Phi) is 7.42. The molecule has 194 valence electrons. The Morgan fingerprint density at radius 1 is 0.784 bits per heavy atom. The molecule has 4 rings (SSSR count). The molecule has 1 N–H and O–H groups in total. The van der Waals surface area contributed by atoms with E-state index in [9.17, 15) is 9.59 Å². The molecule has 3 aromatic carbocycles. The van der Waals surface area contributed by atoms with Crippen molar-refractivity contribution in [2.24, 2.45) is 0 Å². The molecule has 9 heteroatoms. The first-order valence-corrected chi connectivity index (χ1v) is 11.6. The molecule has 0 aliphatic carbocycles. The van der Waals surface area contributed by atoms with Gasteiger partial charge in [-0.05, 0) is 29.3 Å². The van der Waals surface area contributed by atoms with Crippen molar-refractivity contribution in [3.05, 3.63) is 71.3 Å². The van der Waals surface area contributed by atoms with E-state index in [1.807, 2.05) is 18.2 Å². The minimum absolute atomic E-state index is 0.174. The third-order valence-corrected chi connectivity index (χ3v) is 6.54. The maximum atomic E-state index is 14.0. The van der Waals surface area contributed by atoms with Gasteiger partial charge in [-0.25, -0.2) is 0 Å². The zero-order valence-corrected chi connectivity index (χ0v) is 21.7. The van der Waals surface area contributed by atoms with E-state index in [0.29, 0.717) is 45.6 Å². The number of likely N-dealkylation sites (N-methyl/N-ethyl adjacent to an activating group) is 1. The van der Waals surface area contributed by atoms with Crippen molar-refractivity contribution in [1.29, 1.82) is 0 Å². The van der Waals surface area contributed by atoms with Gasteiger partial charge >= 0.3 is 0 Å². The number of benzene rings is 3. The maximum Gasteiger partial charge on any atom is 0.254 e. The summed E-state index contributed by atoms with van der Waals surface area (Å²) in [6, 6.07) is 15.3. The third-order valence-electron chi connectivity index (χ3n) is 6.54. The Hall–Kier alpha value is -4.40. The number of anilines is 1. The number of hydrogen-bond acceptors (Lipinski definition) is 7. The molecule has 1 aliphatic rings. The predicted molar refractivity (Wildman–Crippen MR) is 138 cm³/mol. The lowest BCUT2D eigenvalue weighted by molar-refractivity contribution is -0.119. The number of carbonyl (C=O) groups excluding carboxylic acids is 2. The van der Waals surface area contributed by atoms with E-state index >= 15 is 0 Å². The lowest BCUT2D eigenvalue weighted by atomic mass is 9.79. The number of methoxy groups -OCH3 is 5. The lowest BCUT2D eigenvalue weighted by Gasteiger charge is -2.40. The van der Waals surface area contributed by atoms with Gasteiger partial charge in [-0.3, -0.25) is 9.59 Å². The molecule has 0 fully saturated rings. The Bertz CT molecular complexity index is 1300. The van der Waals surface area contributed by atoms with Crippen LogP contribution in [-0.2, 0) is 4.79 Å². The van der Waals surface area contributed by atoms with E-state index in [4.69, 9.17) is 23.7 Å². The van der Waals surface area contributed by atoms with E-state index in [1.54, 1.807) is 62.6 Å². The van der Waals surface area contributed by atoms with Crippen molar-refractivity contribution < 1.29 is 33.3 Å². The summed E-state index contributed by atoms with van der Waals surface area (Å²) in [6.45, 7) is 0. The normalized spacial score (nSPS) is 16.5. The van der Waals surface area contributed by atoms with Gasteiger partial charge in [-0.2, -0.15) is 0 Å². The fraction of sp³-hybridized carbons (Fsp3) is 0.286. The van der Waals surface area contributed by atoms with Crippen LogP contribution in [0.4, 0.5) is 5.69 Å². The summed E-state index contributed by atoms with van der Waals surface area (Å²) in [4.78, 5) is 28.9. The van der Waals surface area contributed by atoms with Crippen LogP contribution in [0.25, 0.3) is 0 Å². The van der Waals surface area contributed by atoms with Crippen LogP contribution in [0.2, 0.25) is 0 Å². The van der Waals surface area contributed by atoms with Crippen LogP contribution in [-0.4, -0.2) is 59.3 Å². The molecule has 0 saturated carbocycles.